The highest BCUT2D eigenvalue weighted by atomic mass is 19.4. The first kappa shape index (κ1) is 14.0. The average Bonchev–Trinajstić information content (AvgIpc) is 2.84. The Morgan fingerprint density at radius 2 is 2.00 bits per heavy atom. The van der Waals surface area contributed by atoms with Gasteiger partial charge in [-0.15, -0.1) is 0 Å². The van der Waals surface area contributed by atoms with E-state index < -0.39 is 23.4 Å². The first-order chi connectivity index (χ1) is 9.45. The normalized spacial score (nSPS) is 11.4. The van der Waals surface area contributed by atoms with Crippen LogP contribution in [-0.2, 0) is 10.9 Å². The molecule has 0 aliphatic carbocycles. The third-order valence-corrected chi connectivity index (χ3v) is 2.27. The molecule has 0 saturated heterocycles. The number of hydrogen-bond donors (Lipinski definition) is 0. The van der Waals surface area contributed by atoms with Gasteiger partial charge in [0.25, 0.3) is 5.95 Å². The second-order valence-corrected chi connectivity index (χ2v) is 3.59. The molecule has 0 aliphatic rings. The van der Waals surface area contributed by atoms with Crippen LogP contribution >= 0.6 is 0 Å². The minimum atomic E-state index is -4.79. The van der Waals surface area contributed by atoms with Gasteiger partial charge in [0.2, 0.25) is 0 Å². The van der Waals surface area contributed by atoms with Gasteiger partial charge in [0.05, 0.1) is 12.8 Å². The van der Waals surface area contributed by atoms with Crippen molar-refractivity contribution in [2.45, 2.75) is 13.1 Å². The fraction of sp³-hybridized carbons (Fsp3) is 0.273. The molecule has 20 heavy (non-hydrogen) atoms. The molecular weight excluding hydrogens is 277 g/mol. The topological polar surface area (TPSA) is 69.9 Å². The fourth-order valence-electron chi connectivity index (χ4n) is 1.53. The molecule has 0 fully saturated rings. The third kappa shape index (κ3) is 2.60. The predicted octanol–water partition coefficient (Wildman–Crippen LogP) is 1.86. The van der Waals surface area contributed by atoms with E-state index >= 15 is 0 Å². The number of ether oxygens (including phenoxy) is 1. The van der Waals surface area contributed by atoms with E-state index in [1.54, 1.807) is 0 Å². The molecule has 2 aromatic heterocycles. The van der Waals surface area contributed by atoms with Crippen LogP contribution in [0.1, 0.15) is 23.0 Å². The van der Waals surface area contributed by atoms with Crippen LogP contribution in [0.5, 0.6) is 0 Å². The van der Waals surface area contributed by atoms with Crippen molar-refractivity contribution >= 4 is 5.97 Å². The number of alkyl halides is 3. The number of aromatic nitrogens is 4. The first-order valence-corrected chi connectivity index (χ1v) is 5.55. The zero-order valence-electron chi connectivity index (χ0n) is 10.3. The van der Waals surface area contributed by atoms with E-state index in [9.17, 15) is 18.0 Å². The molecule has 0 spiro atoms. The van der Waals surface area contributed by atoms with Crippen molar-refractivity contribution in [3.05, 3.63) is 35.9 Å². The monoisotopic (exact) mass is 286 g/mol. The molecule has 0 bridgehead atoms. The molecule has 2 heterocycles. The summed E-state index contributed by atoms with van der Waals surface area (Å²) in [6, 6.07) is 1.45. The highest BCUT2D eigenvalue weighted by Crippen LogP contribution is 2.33. The van der Waals surface area contributed by atoms with Gasteiger partial charge < -0.3 is 4.74 Å². The molecule has 9 heteroatoms. The summed E-state index contributed by atoms with van der Waals surface area (Å²) >= 11 is 0. The SMILES string of the molecule is CCOC(=O)c1cnn(-c2ncccn2)c1C(F)(F)F. The van der Waals surface area contributed by atoms with E-state index in [1.807, 2.05) is 0 Å². The Balaban J connectivity index is 2.57. The first-order valence-electron chi connectivity index (χ1n) is 5.55. The zero-order valence-corrected chi connectivity index (χ0v) is 10.3. The molecule has 0 unspecified atom stereocenters. The van der Waals surface area contributed by atoms with Crippen molar-refractivity contribution in [2.24, 2.45) is 0 Å². The Hall–Kier alpha value is -2.45. The number of carbonyl (C=O) groups is 1. The number of esters is 1. The number of halogens is 3. The third-order valence-electron chi connectivity index (χ3n) is 2.27. The highest BCUT2D eigenvalue weighted by Gasteiger charge is 2.41. The Morgan fingerprint density at radius 3 is 2.55 bits per heavy atom. The quantitative estimate of drug-likeness (QED) is 0.805. The van der Waals surface area contributed by atoms with Crippen molar-refractivity contribution in [1.29, 1.82) is 0 Å². The maximum Gasteiger partial charge on any atom is 0.434 e. The predicted molar refractivity (Wildman–Crippen MR) is 60.1 cm³/mol. The van der Waals surface area contributed by atoms with Crippen LogP contribution in [0.3, 0.4) is 0 Å². The minimum Gasteiger partial charge on any atom is -0.462 e. The van der Waals surface area contributed by atoms with Gasteiger partial charge in [-0.25, -0.2) is 14.8 Å². The summed E-state index contributed by atoms with van der Waals surface area (Å²) in [6.07, 6.45) is -1.46. The van der Waals surface area contributed by atoms with Crippen LogP contribution in [0.4, 0.5) is 13.2 Å². The van der Waals surface area contributed by atoms with Crippen LogP contribution in [0.2, 0.25) is 0 Å². The Bertz CT molecular complexity index is 610. The molecule has 0 N–H and O–H groups in total. The molecule has 0 radical (unpaired) electrons. The largest absolute Gasteiger partial charge is 0.462 e. The maximum absolute atomic E-state index is 13.1. The maximum atomic E-state index is 13.1. The van der Waals surface area contributed by atoms with Crippen molar-refractivity contribution < 1.29 is 22.7 Å². The molecule has 0 amide bonds. The van der Waals surface area contributed by atoms with Gasteiger partial charge >= 0.3 is 12.1 Å². The van der Waals surface area contributed by atoms with Gasteiger partial charge in [-0.2, -0.15) is 23.0 Å². The summed E-state index contributed by atoms with van der Waals surface area (Å²) < 4.78 is 44.4. The lowest BCUT2D eigenvalue weighted by Gasteiger charge is -2.10. The van der Waals surface area contributed by atoms with E-state index in [4.69, 9.17) is 0 Å². The lowest BCUT2D eigenvalue weighted by atomic mass is 10.2. The van der Waals surface area contributed by atoms with E-state index in [0.717, 1.165) is 6.20 Å². The fourth-order valence-corrected chi connectivity index (χ4v) is 1.53. The smallest absolute Gasteiger partial charge is 0.434 e. The molecule has 0 aromatic carbocycles. The molecule has 0 atom stereocenters. The van der Waals surface area contributed by atoms with Gasteiger partial charge in [0.1, 0.15) is 5.56 Å². The molecule has 2 aromatic rings. The van der Waals surface area contributed by atoms with E-state index in [0.29, 0.717) is 4.68 Å². The standard InChI is InChI=1S/C11H9F3N4O2/c1-2-20-9(19)7-6-17-18(8(7)11(12,13)14)10-15-4-3-5-16-10/h3-6H,2H2,1H3. The Labute approximate surface area is 111 Å². The minimum absolute atomic E-state index is 0.0385. The summed E-state index contributed by atoms with van der Waals surface area (Å²) in [6.45, 7) is 1.46. The van der Waals surface area contributed by atoms with Gasteiger partial charge in [-0.05, 0) is 13.0 Å². The van der Waals surface area contributed by atoms with Gasteiger partial charge in [0.15, 0.2) is 5.69 Å². The zero-order chi connectivity index (χ0) is 14.8. The van der Waals surface area contributed by atoms with Crippen LogP contribution < -0.4 is 0 Å². The van der Waals surface area contributed by atoms with E-state index in [2.05, 4.69) is 19.8 Å². The summed E-state index contributed by atoms with van der Waals surface area (Å²) in [5, 5.41) is 3.53. The lowest BCUT2D eigenvalue weighted by molar-refractivity contribution is -0.143. The molecule has 106 valence electrons. The molecule has 2 rings (SSSR count). The molecule has 0 aliphatic heterocycles. The summed E-state index contributed by atoms with van der Waals surface area (Å²) in [5.41, 5.74) is -1.94. The van der Waals surface area contributed by atoms with Gasteiger partial charge in [-0.3, -0.25) is 0 Å². The van der Waals surface area contributed by atoms with Crippen LogP contribution in [-0.4, -0.2) is 32.3 Å². The Morgan fingerprint density at radius 1 is 1.35 bits per heavy atom. The van der Waals surface area contributed by atoms with Crippen LogP contribution in [0.25, 0.3) is 5.95 Å². The van der Waals surface area contributed by atoms with Crippen LogP contribution in [0.15, 0.2) is 24.7 Å². The van der Waals surface area contributed by atoms with Gasteiger partial charge in [0, 0.05) is 12.4 Å². The van der Waals surface area contributed by atoms with E-state index in [1.165, 1.54) is 25.4 Å². The molecule has 6 nitrogen and oxygen atoms in total. The molecular formula is C11H9F3N4O2. The number of hydrogen-bond acceptors (Lipinski definition) is 5. The second kappa shape index (κ2) is 5.27. The Kier molecular flexibility index (Phi) is 3.68. The summed E-state index contributed by atoms with van der Waals surface area (Å²) in [4.78, 5) is 18.9. The van der Waals surface area contributed by atoms with Gasteiger partial charge in [-0.1, -0.05) is 0 Å². The number of rotatable bonds is 3. The van der Waals surface area contributed by atoms with Crippen molar-refractivity contribution in [3.63, 3.8) is 0 Å². The highest BCUT2D eigenvalue weighted by molar-refractivity contribution is 5.90. The number of nitrogens with zero attached hydrogens (tertiary/aromatic N) is 4. The second-order valence-electron chi connectivity index (χ2n) is 3.59. The average molecular weight is 286 g/mol. The number of carbonyl (C=O) groups excluding carboxylic acids is 1. The summed E-state index contributed by atoms with van der Waals surface area (Å²) in [7, 11) is 0. The lowest BCUT2D eigenvalue weighted by Crippen LogP contribution is -2.19. The molecule has 0 saturated carbocycles. The van der Waals surface area contributed by atoms with Crippen LogP contribution in [0, 0.1) is 0 Å². The van der Waals surface area contributed by atoms with Crippen molar-refractivity contribution in [2.75, 3.05) is 6.61 Å². The summed E-state index contributed by atoms with van der Waals surface area (Å²) in [5.74, 6) is -1.38. The van der Waals surface area contributed by atoms with Crippen molar-refractivity contribution in [3.8, 4) is 5.95 Å². The van der Waals surface area contributed by atoms with Crippen molar-refractivity contribution in [1.82, 2.24) is 19.7 Å². The van der Waals surface area contributed by atoms with E-state index in [-0.39, 0.29) is 12.6 Å².